The van der Waals surface area contributed by atoms with Crippen molar-refractivity contribution in [1.82, 2.24) is 10.3 Å². The number of nitrogens with zero attached hydrogens (tertiary/aromatic N) is 1. The predicted molar refractivity (Wildman–Crippen MR) is 61.0 cm³/mol. The Bertz CT molecular complexity index is 460. The van der Waals surface area contributed by atoms with Gasteiger partial charge >= 0.3 is 5.97 Å². The zero-order valence-electron chi connectivity index (χ0n) is 9.30. The number of hydrogen-bond donors (Lipinski definition) is 2. The highest BCUT2D eigenvalue weighted by Gasteiger charge is 2.16. The predicted octanol–water partition coefficient (Wildman–Crippen LogP) is 0.413. The molecular formula is C12H12N2O3. The van der Waals surface area contributed by atoms with Gasteiger partial charge in [0, 0.05) is 31.3 Å². The first kappa shape index (κ1) is 12.7. The first-order valence-electron chi connectivity index (χ1n) is 4.98. The highest BCUT2D eigenvalue weighted by molar-refractivity contribution is 5.82. The fourth-order valence-corrected chi connectivity index (χ4v) is 1.14. The maximum absolute atomic E-state index is 10.8. The van der Waals surface area contributed by atoms with Crippen LogP contribution in [0.1, 0.15) is 18.9 Å². The van der Waals surface area contributed by atoms with E-state index in [1.165, 1.54) is 6.92 Å². The van der Waals surface area contributed by atoms with Gasteiger partial charge in [-0.25, -0.2) is 4.79 Å². The number of carbonyl (C=O) groups excluding carboxylic acids is 1. The van der Waals surface area contributed by atoms with Crippen molar-refractivity contribution in [3.05, 3.63) is 30.1 Å². The monoisotopic (exact) mass is 232 g/mol. The highest BCUT2D eigenvalue weighted by Crippen LogP contribution is 1.95. The molecule has 1 rings (SSSR count). The Morgan fingerprint density at radius 1 is 1.59 bits per heavy atom. The summed E-state index contributed by atoms with van der Waals surface area (Å²) in [6.07, 6.45) is 3.27. The summed E-state index contributed by atoms with van der Waals surface area (Å²) in [6, 6.07) is 2.54. The van der Waals surface area contributed by atoms with Crippen molar-refractivity contribution < 1.29 is 14.7 Å². The Kier molecular flexibility index (Phi) is 4.70. The van der Waals surface area contributed by atoms with E-state index in [1.54, 1.807) is 24.5 Å². The van der Waals surface area contributed by atoms with E-state index in [4.69, 9.17) is 5.11 Å². The molecule has 0 saturated heterocycles. The van der Waals surface area contributed by atoms with Gasteiger partial charge in [0.15, 0.2) is 0 Å². The largest absolute Gasteiger partial charge is 0.480 e. The lowest BCUT2D eigenvalue weighted by atomic mass is 10.2. The molecule has 88 valence electrons. The summed E-state index contributed by atoms with van der Waals surface area (Å²) in [6.45, 7) is 1.27. The van der Waals surface area contributed by atoms with Crippen LogP contribution in [-0.2, 0) is 9.59 Å². The van der Waals surface area contributed by atoms with E-state index in [9.17, 15) is 9.59 Å². The van der Waals surface area contributed by atoms with E-state index >= 15 is 0 Å². The van der Waals surface area contributed by atoms with Gasteiger partial charge in [0.05, 0.1) is 0 Å². The number of pyridine rings is 1. The number of aromatic nitrogens is 1. The average Bonchev–Trinajstić information content (AvgIpc) is 2.28. The molecule has 0 bridgehead atoms. The van der Waals surface area contributed by atoms with Crippen molar-refractivity contribution >= 4 is 11.9 Å². The van der Waals surface area contributed by atoms with Gasteiger partial charge < -0.3 is 10.4 Å². The second-order valence-electron chi connectivity index (χ2n) is 3.34. The van der Waals surface area contributed by atoms with Gasteiger partial charge in [-0.2, -0.15) is 0 Å². The van der Waals surface area contributed by atoms with Crippen LogP contribution in [0.25, 0.3) is 0 Å². The van der Waals surface area contributed by atoms with Crippen LogP contribution >= 0.6 is 0 Å². The first-order valence-corrected chi connectivity index (χ1v) is 4.98. The standard InChI is InChI=1S/C12H12N2O3/c1-9(15)14-11(12(16)17)6-2-4-10-5-3-7-13-8-10/h3,5,7-8,11H,6H2,1H3,(H,14,15)(H,16,17). The van der Waals surface area contributed by atoms with Gasteiger partial charge in [0.25, 0.3) is 0 Å². The molecule has 0 aliphatic heterocycles. The van der Waals surface area contributed by atoms with Crippen molar-refractivity contribution in [1.29, 1.82) is 0 Å². The Balaban J connectivity index is 2.61. The minimum Gasteiger partial charge on any atom is -0.480 e. The van der Waals surface area contributed by atoms with Crippen molar-refractivity contribution in [2.75, 3.05) is 0 Å². The van der Waals surface area contributed by atoms with Crippen LogP contribution in [0.4, 0.5) is 0 Å². The molecule has 0 aromatic carbocycles. The Labute approximate surface area is 98.9 Å². The molecule has 0 radical (unpaired) electrons. The van der Waals surface area contributed by atoms with Crippen LogP contribution < -0.4 is 5.32 Å². The third kappa shape index (κ3) is 4.80. The molecule has 1 aromatic rings. The van der Waals surface area contributed by atoms with E-state index in [0.717, 1.165) is 0 Å². The summed E-state index contributed by atoms with van der Waals surface area (Å²) in [5.74, 6) is 3.99. The van der Waals surface area contributed by atoms with Gasteiger partial charge in [-0.05, 0) is 12.1 Å². The van der Waals surface area contributed by atoms with Crippen molar-refractivity contribution in [2.24, 2.45) is 0 Å². The molecule has 5 nitrogen and oxygen atoms in total. The molecule has 1 amide bonds. The Hall–Kier alpha value is -2.35. The number of carboxylic acids is 1. The van der Waals surface area contributed by atoms with Crippen molar-refractivity contribution in [2.45, 2.75) is 19.4 Å². The first-order chi connectivity index (χ1) is 8.09. The number of hydrogen-bond acceptors (Lipinski definition) is 3. The van der Waals surface area contributed by atoms with Gasteiger partial charge in [0.2, 0.25) is 5.91 Å². The third-order valence-electron chi connectivity index (χ3n) is 1.88. The summed E-state index contributed by atoms with van der Waals surface area (Å²) in [5, 5.41) is 11.1. The van der Waals surface area contributed by atoms with E-state index in [2.05, 4.69) is 22.1 Å². The van der Waals surface area contributed by atoms with E-state index < -0.39 is 12.0 Å². The van der Waals surface area contributed by atoms with Crippen molar-refractivity contribution in [3.8, 4) is 11.8 Å². The fraction of sp³-hybridized carbons (Fsp3) is 0.250. The second-order valence-corrected chi connectivity index (χ2v) is 3.34. The average molecular weight is 232 g/mol. The van der Waals surface area contributed by atoms with Gasteiger partial charge in [-0.15, -0.1) is 0 Å². The summed E-state index contributed by atoms with van der Waals surface area (Å²) in [4.78, 5) is 25.4. The molecule has 2 N–H and O–H groups in total. The number of aliphatic carboxylic acids is 1. The molecule has 1 unspecified atom stereocenters. The molecule has 0 fully saturated rings. The van der Waals surface area contributed by atoms with E-state index in [0.29, 0.717) is 5.56 Å². The molecule has 5 heteroatoms. The number of carbonyl (C=O) groups is 2. The molecule has 1 aromatic heterocycles. The Morgan fingerprint density at radius 2 is 2.35 bits per heavy atom. The van der Waals surface area contributed by atoms with E-state index in [-0.39, 0.29) is 12.3 Å². The van der Waals surface area contributed by atoms with Crippen LogP contribution in [0.5, 0.6) is 0 Å². The fourth-order valence-electron chi connectivity index (χ4n) is 1.14. The van der Waals surface area contributed by atoms with Crippen LogP contribution in [0.3, 0.4) is 0 Å². The lowest BCUT2D eigenvalue weighted by Crippen LogP contribution is -2.39. The quantitative estimate of drug-likeness (QED) is 0.740. The maximum atomic E-state index is 10.8. The van der Waals surface area contributed by atoms with Crippen LogP contribution in [-0.4, -0.2) is 28.0 Å². The molecule has 1 atom stereocenters. The van der Waals surface area contributed by atoms with Crippen LogP contribution in [0.2, 0.25) is 0 Å². The lowest BCUT2D eigenvalue weighted by Gasteiger charge is -2.08. The SMILES string of the molecule is CC(=O)NC(CC#Cc1cccnc1)C(=O)O. The normalized spacial score (nSPS) is 10.9. The topological polar surface area (TPSA) is 79.3 Å². The van der Waals surface area contributed by atoms with Gasteiger partial charge in [-0.1, -0.05) is 11.8 Å². The van der Waals surface area contributed by atoms with E-state index in [1.807, 2.05) is 0 Å². The zero-order valence-corrected chi connectivity index (χ0v) is 9.30. The molecular weight excluding hydrogens is 220 g/mol. The molecule has 0 aliphatic carbocycles. The van der Waals surface area contributed by atoms with Gasteiger partial charge in [-0.3, -0.25) is 9.78 Å². The third-order valence-corrected chi connectivity index (χ3v) is 1.88. The molecule has 0 aliphatic rings. The highest BCUT2D eigenvalue weighted by atomic mass is 16.4. The molecule has 0 spiro atoms. The summed E-state index contributed by atoms with van der Waals surface area (Å²) >= 11 is 0. The summed E-state index contributed by atoms with van der Waals surface area (Å²) < 4.78 is 0. The molecule has 0 saturated carbocycles. The molecule has 1 heterocycles. The minimum absolute atomic E-state index is 0.0593. The Morgan fingerprint density at radius 3 is 2.88 bits per heavy atom. The summed E-state index contributed by atoms with van der Waals surface area (Å²) in [5.41, 5.74) is 0.708. The van der Waals surface area contributed by atoms with Gasteiger partial charge in [0.1, 0.15) is 6.04 Å². The second kappa shape index (κ2) is 6.28. The number of carboxylic acid groups (broad SMARTS) is 1. The number of nitrogens with one attached hydrogen (secondary N) is 1. The maximum Gasteiger partial charge on any atom is 0.327 e. The van der Waals surface area contributed by atoms with Crippen LogP contribution in [0.15, 0.2) is 24.5 Å². The number of amides is 1. The molecule has 17 heavy (non-hydrogen) atoms. The van der Waals surface area contributed by atoms with Crippen LogP contribution in [0, 0.1) is 11.8 Å². The lowest BCUT2D eigenvalue weighted by molar-refractivity contribution is -0.141. The minimum atomic E-state index is -1.10. The summed E-state index contributed by atoms with van der Waals surface area (Å²) in [7, 11) is 0. The zero-order chi connectivity index (χ0) is 12.7. The number of rotatable bonds is 3. The smallest absolute Gasteiger partial charge is 0.327 e. The van der Waals surface area contributed by atoms with Crippen molar-refractivity contribution in [3.63, 3.8) is 0 Å².